The lowest BCUT2D eigenvalue weighted by atomic mass is 9.96. The molecule has 0 aromatic carbocycles. The van der Waals surface area contributed by atoms with E-state index in [2.05, 4.69) is 6.92 Å². The van der Waals surface area contributed by atoms with E-state index in [0.29, 0.717) is 12.3 Å². The van der Waals surface area contributed by atoms with Crippen molar-refractivity contribution in [3.63, 3.8) is 0 Å². The first-order chi connectivity index (χ1) is 9.51. The number of carboxylic acids is 1. The number of hydrogen-bond acceptors (Lipinski definition) is 2. The molecule has 5 nitrogen and oxygen atoms in total. The highest BCUT2D eigenvalue weighted by Crippen LogP contribution is 2.22. The number of hydrogen-bond donors (Lipinski definition) is 1. The van der Waals surface area contributed by atoms with Crippen LogP contribution >= 0.6 is 0 Å². The Hall–Kier alpha value is -1.26. The molecule has 20 heavy (non-hydrogen) atoms. The van der Waals surface area contributed by atoms with Crippen molar-refractivity contribution in [3.8, 4) is 0 Å². The second-order valence-electron chi connectivity index (χ2n) is 5.73. The van der Waals surface area contributed by atoms with Crippen LogP contribution in [0.4, 0.5) is 4.79 Å². The molecule has 0 radical (unpaired) electrons. The number of nitrogens with zero attached hydrogens (tertiary/aromatic N) is 2. The van der Waals surface area contributed by atoms with E-state index in [4.69, 9.17) is 5.11 Å². The van der Waals surface area contributed by atoms with Crippen molar-refractivity contribution in [2.75, 3.05) is 20.1 Å². The lowest BCUT2D eigenvalue weighted by molar-refractivity contribution is -0.142. The smallest absolute Gasteiger partial charge is 0.326 e. The summed E-state index contributed by atoms with van der Waals surface area (Å²) in [6.07, 6.45) is 6.09. The normalized spacial score (nSPS) is 21.1. The van der Waals surface area contributed by atoms with Crippen LogP contribution in [0.2, 0.25) is 0 Å². The van der Waals surface area contributed by atoms with Crippen LogP contribution in [0.3, 0.4) is 0 Å². The van der Waals surface area contributed by atoms with Gasteiger partial charge in [0.2, 0.25) is 0 Å². The van der Waals surface area contributed by atoms with Gasteiger partial charge in [0, 0.05) is 20.1 Å². The van der Waals surface area contributed by atoms with Crippen molar-refractivity contribution in [1.82, 2.24) is 9.80 Å². The van der Waals surface area contributed by atoms with Crippen LogP contribution in [0.15, 0.2) is 0 Å². The van der Waals surface area contributed by atoms with E-state index in [1.54, 1.807) is 14.0 Å². The van der Waals surface area contributed by atoms with Gasteiger partial charge in [0.05, 0.1) is 0 Å². The molecule has 1 heterocycles. The third-order valence-corrected chi connectivity index (χ3v) is 4.26. The standard InChI is InChI=1S/C15H28N2O3/c1-4-7-12-8-6-10-17(11-9-12)15(20)16(3)13(5-2)14(18)19/h12-13H,4-11H2,1-3H3,(H,18,19). The predicted octanol–water partition coefficient (Wildman–Crippen LogP) is 2.80. The van der Waals surface area contributed by atoms with Crippen LogP contribution in [0.1, 0.15) is 52.4 Å². The summed E-state index contributed by atoms with van der Waals surface area (Å²) >= 11 is 0. The van der Waals surface area contributed by atoms with E-state index in [-0.39, 0.29) is 6.03 Å². The highest BCUT2D eigenvalue weighted by atomic mass is 16.4. The summed E-state index contributed by atoms with van der Waals surface area (Å²) in [5.74, 6) is -0.216. The fraction of sp³-hybridized carbons (Fsp3) is 0.867. The second-order valence-corrected chi connectivity index (χ2v) is 5.73. The molecule has 116 valence electrons. The molecule has 2 amide bonds. The summed E-state index contributed by atoms with van der Waals surface area (Å²) < 4.78 is 0. The average molecular weight is 284 g/mol. The van der Waals surface area contributed by atoms with Crippen molar-refractivity contribution < 1.29 is 14.7 Å². The fourth-order valence-corrected chi connectivity index (χ4v) is 3.02. The van der Waals surface area contributed by atoms with Crippen LogP contribution in [-0.2, 0) is 4.79 Å². The van der Waals surface area contributed by atoms with Crippen LogP contribution in [0.25, 0.3) is 0 Å². The monoisotopic (exact) mass is 284 g/mol. The maximum atomic E-state index is 12.4. The molecule has 0 spiro atoms. The molecule has 0 aromatic heterocycles. The Labute approximate surface area is 121 Å². The highest BCUT2D eigenvalue weighted by Gasteiger charge is 2.29. The summed E-state index contributed by atoms with van der Waals surface area (Å²) in [5, 5.41) is 9.15. The van der Waals surface area contributed by atoms with Gasteiger partial charge in [-0.3, -0.25) is 0 Å². The minimum absolute atomic E-state index is 0.142. The van der Waals surface area contributed by atoms with Crippen molar-refractivity contribution >= 4 is 12.0 Å². The first-order valence-corrected chi connectivity index (χ1v) is 7.75. The number of likely N-dealkylation sites (tertiary alicyclic amines) is 1. The summed E-state index contributed by atoms with van der Waals surface area (Å²) in [6.45, 7) is 5.49. The van der Waals surface area contributed by atoms with Crippen LogP contribution in [-0.4, -0.2) is 53.1 Å². The molecular formula is C15H28N2O3. The Morgan fingerprint density at radius 3 is 2.55 bits per heavy atom. The topological polar surface area (TPSA) is 60.9 Å². The van der Waals surface area contributed by atoms with E-state index in [0.717, 1.165) is 25.9 Å². The van der Waals surface area contributed by atoms with Gasteiger partial charge in [0.15, 0.2) is 0 Å². The summed E-state index contributed by atoms with van der Waals surface area (Å²) in [6, 6.07) is -0.867. The average Bonchev–Trinajstić information content (AvgIpc) is 2.64. The quantitative estimate of drug-likeness (QED) is 0.844. The van der Waals surface area contributed by atoms with E-state index >= 15 is 0 Å². The second kappa shape index (κ2) is 8.12. The molecule has 1 aliphatic rings. The van der Waals surface area contributed by atoms with E-state index in [1.807, 2.05) is 4.90 Å². The van der Waals surface area contributed by atoms with Gasteiger partial charge in [-0.1, -0.05) is 26.7 Å². The molecule has 1 aliphatic heterocycles. The molecule has 5 heteroatoms. The molecule has 0 aromatic rings. The predicted molar refractivity (Wildman–Crippen MR) is 78.7 cm³/mol. The number of likely N-dealkylation sites (N-methyl/N-ethyl adjacent to an activating group) is 1. The van der Waals surface area contributed by atoms with Gasteiger partial charge >= 0.3 is 12.0 Å². The summed E-state index contributed by atoms with van der Waals surface area (Å²) in [7, 11) is 1.60. The molecule has 1 fully saturated rings. The fourth-order valence-electron chi connectivity index (χ4n) is 3.02. The Kier molecular flexibility index (Phi) is 6.82. The molecule has 0 saturated carbocycles. The van der Waals surface area contributed by atoms with Crippen molar-refractivity contribution in [2.45, 2.75) is 58.4 Å². The van der Waals surface area contributed by atoms with Gasteiger partial charge in [-0.25, -0.2) is 9.59 Å². The van der Waals surface area contributed by atoms with Crippen LogP contribution < -0.4 is 0 Å². The Balaban J connectivity index is 2.60. The number of carbonyl (C=O) groups is 2. The molecule has 2 atom stereocenters. The number of rotatable bonds is 5. The molecule has 0 bridgehead atoms. The van der Waals surface area contributed by atoms with E-state index < -0.39 is 12.0 Å². The molecule has 1 rings (SSSR count). The Morgan fingerprint density at radius 2 is 2.00 bits per heavy atom. The molecule has 1 N–H and O–H groups in total. The summed E-state index contributed by atoms with van der Waals surface area (Å²) in [4.78, 5) is 26.8. The van der Waals surface area contributed by atoms with Crippen molar-refractivity contribution in [3.05, 3.63) is 0 Å². The maximum Gasteiger partial charge on any atom is 0.326 e. The Bertz CT molecular complexity index is 333. The number of aliphatic carboxylic acids is 1. The Morgan fingerprint density at radius 1 is 1.30 bits per heavy atom. The van der Waals surface area contributed by atoms with Gasteiger partial charge in [-0.2, -0.15) is 0 Å². The minimum Gasteiger partial charge on any atom is -0.480 e. The third-order valence-electron chi connectivity index (χ3n) is 4.26. The van der Waals surface area contributed by atoms with Gasteiger partial charge in [0.25, 0.3) is 0 Å². The largest absolute Gasteiger partial charge is 0.480 e. The zero-order valence-electron chi connectivity index (χ0n) is 13.0. The minimum atomic E-state index is -0.929. The van der Waals surface area contributed by atoms with Gasteiger partial charge in [0.1, 0.15) is 6.04 Å². The van der Waals surface area contributed by atoms with Crippen LogP contribution in [0, 0.1) is 5.92 Å². The lowest BCUT2D eigenvalue weighted by Crippen LogP contribution is -2.49. The van der Waals surface area contributed by atoms with Crippen molar-refractivity contribution in [1.29, 1.82) is 0 Å². The number of urea groups is 1. The van der Waals surface area contributed by atoms with Crippen molar-refractivity contribution in [2.24, 2.45) is 5.92 Å². The molecule has 0 aliphatic carbocycles. The number of amides is 2. The van der Waals surface area contributed by atoms with Gasteiger partial charge in [-0.05, 0) is 31.6 Å². The zero-order valence-corrected chi connectivity index (χ0v) is 13.0. The van der Waals surface area contributed by atoms with Gasteiger partial charge in [-0.15, -0.1) is 0 Å². The zero-order chi connectivity index (χ0) is 15.1. The number of carbonyl (C=O) groups excluding carboxylic acids is 1. The van der Waals surface area contributed by atoms with E-state index in [9.17, 15) is 9.59 Å². The van der Waals surface area contributed by atoms with Crippen LogP contribution in [0.5, 0.6) is 0 Å². The molecular weight excluding hydrogens is 256 g/mol. The maximum absolute atomic E-state index is 12.4. The molecule has 2 unspecified atom stereocenters. The third kappa shape index (κ3) is 4.39. The molecule has 1 saturated heterocycles. The SMILES string of the molecule is CCCC1CCCN(C(=O)N(C)C(CC)C(=O)O)CC1. The highest BCUT2D eigenvalue weighted by molar-refractivity contribution is 5.82. The summed E-state index contributed by atoms with van der Waals surface area (Å²) in [5.41, 5.74) is 0. The van der Waals surface area contributed by atoms with Gasteiger partial charge < -0.3 is 14.9 Å². The van der Waals surface area contributed by atoms with E-state index in [1.165, 1.54) is 24.2 Å². The first-order valence-electron chi connectivity index (χ1n) is 7.75. The lowest BCUT2D eigenvalue weighted by Gasteiger charge is -2.30. The number of carboxylic acid groups (broad SMARTS) is 1. The first kappa shape index (κ1) is 16.8.